The number of carbonyl (C=O) groups excluding carboxylic acids is 1. The van der Waals surface area contributed by atoms with E-state index < -0.39 is 17.7 Å². The first-order chi connectivity index (χ1) is 16.8. The third-order valence-corrected chi connectivity index (χ3v) is 6.81. The molecule has 184 valence electrons. The molecule has 1 fully saturated rings. The lowest BCUT2D eigenvalue weighted by Gasteiger charge is -2.49. The molecule has 0 aliphatic carbocycles. The van der Waals surface area contributed by atoms with Crippen LogP contribution in [0.3, 0.4) is 0 Å². The van der Waals surface area contributed by atoms with Gasteiger partial charge in [-0.3, -0.25) is 4.79 Å². The zero-order chi connectivity index (χ0) is 24.6. The zero-order valence-corrected chi connectivity index (χ0v) is 19.2. The fraction of sp³-hybridized carbons (Fsp3) is 0.346. The van der Waals surface area contributed by atoms with Crippen LogP contribution in [0.15, 0.2) is 65.3 Å². The summed E-state index contributed by atoms with van der Waals surface area (Å²) >= 11 is 0. The lowest BCUT2D eigenvalue weighted by Crippen LogP contribution is -2.61. The molecule has 6 nitrogen and oxygen atoms in total. The molecule has 35 heavy (non-hydrogen) atoms. The number of anilines is 2. The van der Waals surface area contributed by atoms with Gasteiger partial charge in [0, 0.05) is 37.1 Å². The van der Waals surface area contributed by atoms with Crippen LogP contribution in [0.5, 0.6) is 5.75 Å². The standard InChI is InChI=1S/C26H26F3N3O3/c1-34-20-5-2-4-19(14-20)31-9-10-32-23-8-7-18(26(27,28)29)12-17(23)13-22(24(32)16-31)25(33)30-15-21-6-3-11-35-21/h2-8,11-12,14,22,24H,9-10,13,15-16H2,1H3,(H,30,33)/t22-,24-/m1/s1. The summed E-state index contributed by atoms with van der Waals surface area (Å²) in [5.41, 5.74) is 1.60. The zero-order valence-electron chi connectivity index (χ0n) is 19.2. The highest BCUT2D eigenvalue weighted by Crippen LogP contribution is 2.40. The molecule has 2 aliphatic heterocycles. The SMILES string of the molecule is COc1cccc(N2CCN3c4ccc(C(F)(F)F)cc4C[C@@H](C(=O)NCc4ccco4)[C@H]3C2)c1. The first kappa shape index (κ1) is 23.1. The maximum atomic E-state index is 13.4. The van der Waals surface area contributed by atoms with Crippen LogP contribution in [0, 0.1) is 5.92 Å². The van der Waals surface area contributed by atoms with Gasteiger partial charge in [-0.1, -0.05) is 6.07 Å². The Morgan fingerprint density at radius 2 is 2.00 bits per heavy atom. The van der Waals surface area contributed by atoms with Gasteiger partial charge in [0.05, 0.1) is 37.4 Å². The number of amides is 1. The molecule has 0 saturated carbocycles. The molecule has 0 radical (unpaired) electrons. The van der Waals surface area contributed by atoms with E-state index in [0.29, 0.717) is 31.0 Å². The number of rotatable bonds is 5. The van der Waals surface area contributed by atoms with Crippen LogP contribution in [-0.2, 0) is 23.9 Å². The Kier molecular flexibility index (Phi) is 6.08. The van der Waals surface area contributed by atoms with E-state index in [1.165, 1.54) is 12.3 Å². The van der Waals surface area contributed by atoms with E-state index in [2.05, 4.69) is 15.1 Å². The molecule has 3 aromatic rings. The van der Waals surface area contributed by atoms with Crippen LogP contribution < -0.4 is 19.9 Å². The van der Waals surface area contributed by atoms with Gasteiger partial charge in [-0.2, -0.15) is 13.2 Å². The normalized spacial score (nSPS) is 19.7. The Morgan fingerprint density at radius 1 is 1.14 bits per heavy atom. The molecular formula is C26H26F3N3O3. The summed E-state index contributed by atoms with van der Waals surface area (Å²) < 4.78 is 50.9. The number of furan rings is 1. The molecule has 2 aliphatic rings. The van der Waals surface area contributed by atoms with Crippen LogP contribution in [0.1, 0.15) is 16.9 Å². The fourth-order valence-electron chi connectivity index (χ4n) is 5.06. The Morgan fingerprint density at radius 3 is 2.74 bits per heavy atom. The van der Waals surface area contributed by atoms with Crippen molar-refractivity contribution in [3.05, 3.63) is 77.7 Å². The van der Waals surface area contributed by atoms with Crippen LogP contribution in [0.4, 0.5) is 24.5 Å². The predicted molar refractivity (Wildman–Crippen MR) is 126 cm³/mol. The average molecular weight is 486 g/mol. The molecular weight excluding hydrogens is 459 g/mol. The van der Waals surface area contributed by atoms with Crippen molar-refractivity contribution in [2.24, 2.45) is 5.92 Å². The number of nitrogens with zero attached hydrogens (tertiary/aromatic N) is 2. The maximum absolute atomic E-state index is 13.4. The van der Waals surface area contributed by atoms with Crippen LogP contribution in [0.2, 0.25) is 0 Å². The minimum absolute atomic E-state index is 0.198. The molecule has 1 saturated heterocycles. The van der Waals surface area contributed by atoms with Gasteiger partial charge in [-0.15, -0.1) is 0 Å². The molecule has 1 aromatic heterocycles. The number of hydrogen-bond acceptors (Lipinski definition) is 5. The molecule has 9 heteroatoms. The second-order valence-electron chi connectivity index (χ2n) is 8.86. The average Bonchev–Trinajstić information content (AvgIpc) is 3.39. The van der Waals surface area contributed by atoms with E-state index in [9.17, 15) is 18.0 Å². The Hall–Kier alpha value is -3.62. The van der Waals surface area contributed by atoms with Crippen molar-refractivity contribution in [2.75, 3.05) is 36.5 Å². The Bertz CT molecular complexity index is 1200. The Balaban J connectivity index is 1.45. The molecule has 0 spiro atoms. The minimum Gasteiger partial charge on any atom is -0.497 e. The van der Waals surface area contributed by atoms with Crippen molar-refractivity contribution in [1.29, 1.82) is 0 Å². The highest BCUT2D eigenvalue weighted by Gasteiger charge is 2.42. The second-order valence-corrected chi connectivity index (χ2v) is 8.86. The third-order valence-electron chi connectivity index (χ3n) is 6.81. The van der Waals surface area contributed by atoms with E-state index in [-0.39, 0.29) is 24.9 Å². The number of fused-ring (bicyclic) bond motifs is 3. The van der Waals surface area contributed by atoms with Gasteiger partial charge in [-0.25, -0.2) is 0 Å². The molecule has 1 N–H and O–H groups in total. The number of halogens is 3. The van der Waals surface area contributed by atoms with Gasteiger partial charge < -0.3 is 24.3 Å². The molecule has 1 amide bonds. The number of benzene rings is 2. The summed E-state index contributed by atoms with van der Waals surface area (Å²) in [6.07, 6.45) is -2.67. The fourth-order valence-corrected chi connectivity index (χ4v) is 5.06. The van der Waals surface area contributed by atoms with E-state index in [1.54, 1.807) is 25.3 Å². The number of methoxy groups -OCH3 is 1. The molecule has 0 unspecified atom stereocenters. The summed E-state index contributed by atoms with van der Waals surface area (Å²) in [4.78, 5) is 17.6. The van der Waals surface area contributed by atoms with Crippen LogP contribution in [-0.4, -0.2) is 38.7 Å². The molecule has 3 heterocycles. The Labute approximate surface area is 201 Å². The summed E-state index contributed by atoms with van der Waals surface area (Å²) in [6, 6.07) is 14.9. The van der Waals surface area contributed by atoms with Gasteiger partial charge in [0.2, 0.25) is 5.91 Å². The first-order valence-corrected chi connectivity index (χ1v) is 11.5. The van der Waals surface area contributed by atoms with E-state index in [4.69, 9.17) is 9.15 Å². The lowest BCUT2D eigenvalue weighted by molar-refractivity contribution is -0.137. The number of ether oxygens (including phenoxy) is 1. The molecule has 2 atom stereocenters. The van der Waals surface area contributed by atoms with E-state index >= 15 is 0 Å². The highest BCUT2D eigenvalue weighted by molar-refractivity contribution is 5.82. The van der Waals surface area contributed by atoms with Crippen LogP contribution in [0.25, 0.3) is 0 Å². The number of hydrogen-bond donors (Lipinski definition) is 1. The molecule has 0 bridgehead atoms. The predicted octanol–water partition coefficient (Wildman–Crippen LogP) is 4.49. The number of alkyl halides is 3. The summed E-state index contributed by atoms with van der Waals surface area (Å²) in [7, 11) is 1.61. The number of nitrogens with one attached hydrogen (secondary N) is 1. The van der Waals surface area contributed by atoms with Gasteiger partial charge in [0.1, 0.15) is 11.5 Å². The lowest BCUT2D eigenvalue weighted by atomic mass is 9.82. The van der Waals surface area contributed by atoms with E-state index in [1.807, 2.05) is 24.3 Å². The first-order valence-electron chi connectivity index (χ1n) is 11.5. The monoisotopic (exact) mass is 485 g/mol. The smallest absolute Gasteiger partial charge is 0.416 e. The summed E-state index contributed by atoms with van der Waals surface area (Å²) in [5.74, 6) is 0.639. The van der Waals surface area contributed by atoms with Gasteiger partial charge >= 0.3 is 6.18 Å². The molecule has 2 aromatic carbocycles. The maximum Gasteiger partial charge on any atom is 0.416 e. The van der Waals surface area contributed by atoms with Crippen molar-refractivity contribution in [1.82, 2.24) is 5.32 Å². The highest BCUT2D eigenvalue weighted by atomic mass is 19.4. The minimum atomic E-state index is -4.44. The van der Waals surface area contributed by atoms with Crippen molar-refractivity contribution in [3.63, 3.8) is 0 Å². The topological polar surface area (TPSA) is 58.0 Å². The van der Waals surface area contributed by atoms with E-state index in [0.717, 1.165) is 23.2 Å². The largest absolute Gasteiger partial charge is 0.497 e. The van der Waals surface area contributed by atoms with Crippen molar-refractivity contribution >= 4 is 17.3 Å². The molecule has 5 rings (SSSR count). The summed E-state index contributed by atoms with van der Waals surface area (Å²) in [6.45, 7) is 2.05. The summed E-state index contributed by atoms with van der Waals surface area (Å²) in [5, 5.41) is 2.92. The van der Waals surface area contributed by atoms with Crippen molar-refractivity contribution in [3.8, 4) is 5.75 Å². The van der Waals surface area contributed by atoms with Crippen molar-refractivity contribution in [2.45, 2.75) is 25.2 Å². The van der Waals surface area contributed by atoms with Gasteiger partial charge in [0.15, 0.2) is 0 Å². The van der Waals surface area contributed by atoms with Crippen LogP contribution >= 0.6 is 0 Å². The van der Waals surface area contributed by atoms with Gasteiger partial charge in [0.25, 0.3) is 0 Å². The quantitative estimate of drug-likeness (QED) is 0.577. The number of carbonyl (C=O) groups is 1. The van der Waals surface area contributed by atoms with Crippen molar-refractivity contribution < 1.29 is 27.1 Å². The number of piperazine rings is 1. The third kappa shape index (κ3) is 4.67. The van der Waals surface area contributed by atoms with Gasteiger partial charge in [-0.05, 0) is 54.4 Å². The second kappa shape index (κ2) is 9.20.